The van der Waals surface area contributed by atoms with E-state index in [1.165, 1.54) is 7.11 Å². The van der Waals surface area contributed by atoms with E-state index in [1.54, 1.807) is 0 Å². The summed E-state index contributed by atoms with van der Waals surface area (Å²) in [5.41, 5.74) is 1.61. The maximum absolute atomic E-state index is 11.5. The van der Waals surface area contributed by atoms with Gasteiger partial charge in [0.25, 0.3) is 6.01 Å². The molecule has 1 N–H and O–H groups in total. The first kappa shape index (κ1) is 12.0. The Kier molecular flexibility index (Phi) is 3.11. The number of hydrogen-bond acceptors (Lipinski definition) is 5. The lowest BCUT2D eigenvalue weighted by atomic mass is 10.1. The third kappa shape index (κ3) is 2.41. The highest BCUT2D eigenvalue weighted by Crippen LogP contribution is 2.29. The number of methoxy groups -OCH3 is 1. The summed E-state index contributed by atoms with van der Waals surface area (Å²) in [5, 5.41) is 3.25. The van der Waals surface area contributed by atoms with E-state index in [0.29, 0.717) is 6.01 Å². The lowest BCUT2D eigenvalue weighted by Crippen LogP contribution is -2.18. The van der Waals surface area contributed by atoms with Gasteiger partial charge in [-0.25, -0.2) is 0 Å². The van der Waals surface area contributed by atoms with Crippen molar-refractivity contribution in [1.29, 1.82) is 0 Å². The lowest BCUT2D eigenvalue weighted by Gasteiger charge is -2.10. The van der Waals surface area contributed by atoms with Crippen molar-refractivity contribution < 1.29 is 13.9 Å². The van der Waals surface area contributed by atoms with Crippen LogP contribution >= 0.6 is 0 Å². The van der Waals surface area contributed by atoms with E-state index in [-0.39, 0.29) is 17.9 Å². The molecule has 0 saturated heterocycles. The Hall–Kier alpha value is -2.04. The van der Waals surface area contributed by atoms with Crippen LogP contribution in [-0.2, 0) is 9.53 Å². The van der Waals surface area contributed by atoms with Gasteiger partial charge in [-0.05, 0) is 31.4 Å². The Balaban J connectivity index is 1.67. The summed E-state index contributed by atoms with van der Waals surface area (Å²) in [4.78, 5) is 15.8. The SMILES string of the molecule is COC(=O)[C@H]1CC[C@@H](Nc2nc3ccccc3o2)C1. The first-order valence-corrected chi connectivity index (χ1v) is 6.46. The van der Waals surface area contributed by atoms with Crippen molar-refractivity contribution >= 4 is 23.1 Å². The summed E-state index contributed by atoms with van der Waals surface area (Å²) in [6, 6.07) is 8.39. The third-order valence-corrected chi connectivity index (χ3v) is 3.59. The lowest BCUT2D eigenvalue weighted by molar-refractivity contribution is -0.145. The fourth-order valence-electron chi connectivity index (χ4n) is 2.60. The Morgan fingerprint density at radius 3 is 3.05 bits per heavy atom. The molecule has 19 heavy (non-hydrogen) atoms. The number of rotatable bonds is 3. The van der Waals surface area contributed by atoms with Gasteiger partial charge in [0.1, 0.15) is 5.52 Å². The van der Waals surface area contributed by atoms with Crippen LogP contribution < -0.4 is 5.32 Å². The highest BCUT2D eigenvalue weighted by Gasteiger charge is 2.31. The van der Waals surface area contributed by atoms with Crippen molar-refractivity contribution in [3.63, 3.8) is 0 Å². The summed E-state index contributed by atoms with van der Waals surface area (Å²) < 4.78 is 10.4. The number of oxazole rings is 1. The zero-order valence-corrected chi connectivity index (χ0v) is 10.8. The molecule has 1 aliphatic rings. The molecule has 0 aliphatic heterocycles. The number of carbonyl (C=O) groups is 1. The van der Waals surface area contributed by atoms with Crippen molar-refractivity contribution in [2.75, 3.05) is 12.4 Å². The van der Waals surface area contributed by atoms with Gasteiger partial charge in [0.2, 0.25) is 0 Å². The summed E-state index contributed by atoms with van der Waals surface area (Å²) >= 11 is 0. The van der Waals surface area contributed by atoms with E-state index in [9.17, 15) is 4.79 Å². The first-order valence-electron chi connectivity index (χ1n) is 6.46. The van der Waals surface area contributed by atoms with Gasteiger partial charge >= 0.3 is 5.97 Å². The number of aromatic nitrogens is 1. The summed E-state index contributed by atoms with van der Waals surface area (Å²) in [6.07, 6.45) is 2.55. The van der Waals surface area contributed by atoms with Gasteiger partial charge in [-0.3, -0.25) is 4.79 Å². The van der Waals surface area contributed by atoms with Crippen LogP contribution in [0.4, 0.5) is 6.01 Å². The fraction of sp³-hybridized carbons (Fsp3) is 0.429. The number of nitrogens with zero attached hydrogens (tertiary/aromatic N) is 1. The van der Waals surface area contributed by atoms with Crippen molar-refractivity contribution in [3.8, 4) is 0 Å². The Labute approximate surface area is 111 Å². The summed E-state index contributed by atoms with van der Waals surface area (Å²) in [6.45, 7) is 0. The summed E-state index contributed by atoms with van der Waals surface area (Å²) in [5.74, 6) is -0.131. The normalized spacial score (nSPS) is 22.6. The van der Waals surface area contributed by atoms with Crippen LogP contribution in [0.5, 0.6) is 0 Å². The Bertz CT molecular complexity index is 560. The Morgan fingerprint density at radius 2 is 2.26 bits per heavy atom. The minimum absolute atomic E-state index is 0.00752. The standard InChI is InChI=1S/C14H16N2O3/c1-18-13(17)9-6-7-10(8-9)15-14-16-11-4-2-3-5-12(11)19-14/h2-5,9-10H,6-8H2,1H3,(H,15,16)/t9-,10+/m0/s1. The number of hydrogen-bond donors (Lipinski definition) is 1. The van der Waals surface area contributed by atoms with Crippen molar-refractivity contribution in [1.82, 2.24) is 4.98 Å². The van der Waals surface area contributed by atoms with E-state index in [1.807, 2.05) is 24.3 Å². The highest BCUT2D eigenvalue weighted by atomic mass is 16.5. The van der Waals surface area contributed by atoms with Crippen molar-refractivity contribution in [3.05, 3.63) is 24.3 Å². The average molecular weight is 260 g/mol. The predicted octanol–water partition coefficient (Wildman–Crippen LogP) is 2.58. The van der Waals surface area contributed by atoms with Crippen molar-refractivity contribution in [2.24, 2.45) is 5.92 Å². The number of nitrogens with one attached hydrogen (secondary N) is 1. The minimum atomic E-state index is -0.123. The van der Waals surface area contributed by atoms with Gasteiger partial charge in [-0.15, -0.1) is 0 Å². The number of para-hydroxylation sites is 2. The molecule has 100 valence electrons. The number of carbonyl (C=O) groups excluding carboxylic acids is 1. The number of benzene rings is 1. The van der Waals surface area contributed by atoms with Crippen molar-refractivity contribution in [2.45, 2.75) is 25.3 Å². The summed E-state index contributed by atoms with van der Waals surface area (Å²) in [7, 11) is 1.43. The number of anilines is 1. The van der Waals surface area contributed by atoms with E-state index < -0.39 is 0 Å². The molecular formula is C14H16N2O3. The van der Waals surface area contributed by atoms with Crippen LogP contribution in [0.15, 0.2) is 28.7 Å². The largest absolute Gasteiger partial charge is 0.469 e. The molecule has 5 nitrogen and oxygen atoms in total. The minimum Gasteiger partial charge on any atom is -0.469 e. The number of fused-ring (bicyclic) bond motifs is 1. The second kappa shape index (κ2) is 4.91. The van der Waals surface area contributed by atoms with Crippen LogP contribution in [0, 0.1) is 5.92 Å². The molecule has 1 saturated carbocycles. The monoisotopic (exact) mass is 260 g/mol. The van der Waals surface area contributed by atoms with Gasteiger partial charge in [-0.2, -0.15) is 4.98 Å². The van der Waals surface area contributed by atoms with E-state index in [0.717, 1.165) is 30.4 Å². The van der Waals surface area contributed by atoms with E-state index in [4.69, 9.17) is 9.15 Å². The van der Waals surface area contributed by atoms with Crippen LogP contribution in [-0.4, -0.2) is 24.1 Å². The van der Waals surface area contributed by atoms with Gasteiger partial charge < -0.3 is 14.5 Å². The second-order valence-electron chi connectivity index (χ2n) is 4.86. The Morgan fingerprint density at radius 1 is 1.42 bits per heavy atom. The zero-order valence-electron chi connectivity index (χ0n) is 10.8. The molecule has 2 atom stereocenters. The first-order chi connectivity index (χ1) is 9.26. The van der Waals surface area contributed by atoms with E-state index in [2.05, 4.69) is 10.3 Å². The zero-order chi connectivity index (χ0) is 13.2. The number of esters is 1. The molecular weight excluding hydrogens is 244 g/mol. The molecule has 0 radical (unpaired) electrons. The number of ether oxygens (including phenoxy) is 1. The van der Waals surface area contributed by atoms with Crippen LogP contribution in [0.3, 0.4) is 0 Å². The molecule has 1 aromatic carbocycles. The third-order valence-electron chi connectivity index (χ3n) is 3.59. The molecule has 0 unspecified atom stereocenters. The van der Waals surface area contributed by atoms with Crippen LogP contribution in [0.2, 0.25) is 0 Å². The molecule has 1 fully saturated rings. The predicted molar refractivity (Wildman–Crippen MR) is 70.8 cm³/mol. The van der Waals surface area contributed by atoms with Gasteiger partial charge in [-0.1, -0.05) is 12.1 Å². The molecule has 0 spiro atoms. The van der Waals surface area contributed by atoms with Gasteiger partial charge in [0, 0.05) is 6.04 Å². The molecule has 0 amide bonds. The van der Waals surface area contributed by atoms with Crippen LogP contribution in [0.1, 0.15) is 19.3 Å². The molecule has 2 aromatic rings. The van der Waals surface area contributed by atoms with Gasteiger partial charge in [0.15, 0.2) is 5.58 Å². The molecule has 0 bridgehead atoms. The fourth-order valence-corrected chi connectivity index (χ4v) is 2.60. The molecule has 3 rings (SSSR count). The van der Waals surface area contributed by atoms with E-state index >= 15 is 0 Å². The average Bonchev–Trinajstić information content (AvgIpc) is 3.04. The smallest absolute Gasteiger partial charge is 0.308 e. The second-order valence-corrected chi connectivity index (χ2v) is 4.86. The molecule has 1 aromatic heterocycles. The topological polar surface area (TPSA) is 64.4 Å². The quantitative estimate of drug-likeness (QED) is 0.859. The maximum Gasteiger partial charge on any atom is 0.308 e. The molecule has 5 heteroatoms. The maximum atomic E-state index is 11.5. The van der Waals surface area contributed by atoms with Gasteiger partial charge in [0.05, 0.1) is 13.0 Å². The van der Waals surface area contributed by atoms with Crippen LogP contribution in [0.25, 0.3) is 11.1 Å². The highest BCUT2D eigenvalue weighted by molar-refractivity contribution is 5.74. The molecule has 1 aliphatic carbocycles. The molecule has 1 heterocycles.